The van der Waals surface area contributed by atoms with E-state index in [9.17, 15) is 4.79 Å². The molecule has 0 aliphatic rings. The number of benzene rings is 2. The van der Waals surface area contributed by atoms with E-state index in [1.165, 1.54) is 4.52 Å². The number of nitrogens with zero attached hydrogens (tertiary/aromatic N) is 5. The summed E-state index contributed by atoms with van der Waals surface area (Å²) in [6.45, 7) is 1.61. The van der Waals surface area contributed by atoms with Crippen LogP contribution in [0.15, 0.2) is 58.4 Å². The molecule has 4 aromatic rings. The van der Waals surface area contributed by atoms with Crippen LogP contribution in [0, 0.1) is 6.92 Å². The average molecular weight is 360 g/mol. The first-order valence-electron chi connectivity index (χ1n) is 8.25. The number of ether oxygens (including phenoxy) is 1. The van der Waals surface area contributed by atoms with Crippen molar-refractivity contribution in [2.75, 3.05) is 12.5 Å². The smallest absolute Gasteiger partial charge is 0.294 e. The molecule has 0 fully saturated rings. The second-order valence-corrected chi connectivity index (χ2v) is 5.83. The van der Waals surface area contributed by atoms with Gasteiger partial charge in [-0.2, -0.15) is 19.7 Å². The Morgan fingerprint density at radius 2 is 1.89 bits per heavy atom. The summed E-state index contributed by atoms with van der Waals surface area (Å²) in [4.78, 5) is 20.7. The number of anilines is 1. The number of methoxy groups -OCH3 is 1. The van der Waals surface area contributed by atoms with Gasteiger partial charge >= 0.3 is 0 Å². The fourth-order valence-electron chi connectivity index (χ4n) is 2.64. The van der Waals surface area contributed by atoms with Crippen molar-refractivity contribution in [3.63, 3.8) is 0 Å². The van der Waals surface area contributed by atoms with Gasteiger partial charge in [-0.1, -0.05) is 12.1 Å². The number of rotatable bonds is 4. The van der Waals surface area contributed by atoms with Crippen molar-refractivity contribution in [3.05, 3.63) is 70.1 Å². The van der Waals surface area contributed by atoms with Crippen LogP contribution in [0.1, 0.15) is 11.3 Å². The number of hydrogen-bond acceptors (Lipinski definition) is 7. The second kappa shape index (κ2) is 6.83. The summed E-state index contributed by atoms with van der Waals surface area (Å²) >= 11 is 0. The first-order chi connectivity index (χ1) is 13.2. The maximum atomic E-state index is 12.0. The van der Waals surface area contributed by atoms with E-state index in [0.29, 0.717) is 17.1 Å². The number of nitrogens with one attached hydrogen (secondary N) is 1. The van der Waals surface area contributed by atoms with Crippen molar-refractivity contribution >= 4 is 28.7 Å². The SMILES string of the molecule is COc1ccc(/C=N/Nc2nc3ccccc3c3nc(=O)c(C)nn23)cc1. The van der Waals surface area contributed by atoms with Crippen LogP contribution in [-0.4, -0.2) is 32.9 Å². The Labute approximate surface area is 154 Å². The highest BCUT2D eigenvalue weighted by molar-refractivity contribution is 5.92. The summed E-state index contributed by atoms with van der Waals surface area (Å²) in [6, 6.07) is 14.9. The quantitative estimate of drug-likeness (QED) is 0.341. The summed E-state index contributed by atoms with van der Waals surface area (Å²) in [5.74, 6) is 1.14. The van der Waals surface area contributed by atoms with E-state index < -0.39 is 0 Å². The van der Waals surface area contributed by atoms with E-state index in [0.717, 1.165) is 16.7 Å². The maximum absolute atomic E-state index is 12.0. The molecular formula is C19H16N6O2. The molecule has 27 heavy (non-hydrogen) atoms. The molecule has 0 spiro atoms. The largest absolute Gasteiger partial charge is 0.497 e. The molecule has 8 nitrogen and oxygen atoms in total. The lowest BCUT2D eigenvalue weighted by atomic mass is 10.2. The van der Waals surface area contributed by atoms with E-state index >= 15 is 0 Å². The molecule has 0 atom stereocenters. The van der Waals surface area contributed by atoms with Gasteiger partial charge in [-0.15, -0.1) is 0 Å². The van der Waals surface area contributed by atoms with Crippen LogP contribution in [0.5, 0.6) is 5.75 Å². The monoisotopic (exact) mass is 360 g/mol. The predicted molar refractivity (Wildman–Crippen MR) is 104 cm³/mol. The standard InChI is InChI=1S/C19H16N6O2/c1-12-18(26)22-17-15-5-3-4-6-16(15)21-19(25(17)24-12)23-20-11-13-7-9-14(27-2)10-8-13/h3-11H,1-2H3,(H,21,23)/b20-11+. The van der Waals surface area contributed by atoms with E-state index in [1.807, 2.05) is 48.5 Å². The molecule has 8 heteroatoms. The molecule has 0 unspecified atom stereocenters. The lowest BCUT2D eigenvalue weighted by Crippen LogP contribution is -2.18. The fraction of sp³-hybridized carbons (Fsp3) is 0.105. The average Bonchev–Trinajstić information content (AvgIpc) is 2.70. The Morgan fingerprint density at radius 3 is 2.67 bits per heavy atom. The van der Waals surface area contributed by atoms with Crippen LogP contribution in [-0.2, 0) is 0 Å². The van der Waals surface area contributed by atoms with Crippen molar-refractivity contribution in [2.45, 2.75) is 6.92 Å². The number of aryl methyl sites for hydroxylation is 1. The molecule has 134 valence electrons. The Kier molecular flexibility index (Phi) is 4.21. The molecule has 0 bridgehead atoms. The Morgan fingerprint density at radius 1 is 1.11 bits per heavy atom. The van der Waals surface area contributed by atoms with Gasteiger partial charge in [0.1, 0.15) is 11.4 Å². The summed E-state index contributed by atoms with van der Waals surface area (Å²) in [5, 5.41) is 9.27. The third-order valence-corrected chi connectivity index (χ3v) is 4.03. The number of hydrogen-bond donors (Lipinski definition) is 1. The van der Waals surface area contributed by atoms with Gasteiger partial charge in [0.15, 0.2) is 5.65 Å². The van der Waals surface area contributed by atoms with Crippen LogP contribution in [0.4, 0.5) is 5.95 Å². The van der Waals surface area contributed by atoms with Crippen molar-refractivity contribution < 1.29 is 4.74 Å². The summed E-state index contributed by atoms with van der Waals surface area (Å²) in [5.41, 5.74) is 4.82. The normalized spacial score (nSPS) is 11.3. The van der Waals surface area contributed by atoms with Gasteiger partial charge in [0, 0.05) is 5.39 Å². The molecule has 2 aromatic heterocycles. The second-order valence-electron chi connectivity index (χ2n) is 5.83. The summed E-state index contributed by atoms with van der Waals surface area (Å²) < 4.78 is 6.63. The van der Waals surface area contributed by atoms with E-state index in [1.54, 1.807) is 20.2 Å². The maximum Gasteiger partial charge on any atom is 0.294 e. The van der Waals surface area contributed by atoms with Crippen molar-refractivity contribution in [3.8, 4) is 5.75 Å². The highest BCUT2D eigenvalue weighted by Crippen LogP contribution is 2.19. The van der Waals surface area contributed by atoms with Gasteiger partial charge in [0.05, 0.1) is 18.8 Å². The Bertz CT molecular complexity index is 1210. The molecule has 0 radical (unpaired) electrons. The number of fused-ring (bicyclic) bond motifs is 3. The molecule has 2 aromatic carbocycles. The summed E-state index contributed by atoms with van der Waals surface area (Å²) in [7, 11) is 1.62. The van der Waals surface area contributed by atoms with Crippen LogP contribution >= 0.6 is 0 Å². The third kappa shape index (κ3) is 3.20. The van der Waals surface area contributed by atoms with Crippen molar-refractivity contribution in [1.82, 2.24) is 19.6 Å². The number of hydrazone groups is 1. The van der Waals surface area contributed by atoms with Gasteiger partial charge in [-0.3, -0.25) is 4.79 Å². The minimum atomic E-state index is -0.362. The van der Waals surface area contributed by atoms with E-state index in [-0.39, 0.29) is 11.3 Å². The zero-order valence-corrected chi connectivity index (χ0v) is 14.7. The highest BCUT2D eigenvalue weighted by atomic mass is 16.5. The van der Waals surface area contributed by atoms with Gasteiger partial charge in [0.25, 0.3) is 5.56 Å². The Hall–Kier alpha value is -3.81. The van der Waals surface area contributed by atoms with Gasteiger partial charge in [0.2, 0.25) is 5.95 Å². The predicted octanol–water partition coefficient (Wildman–Crippen LogP) is 2.40. The topological polar surface area (TPSA) is 93.8 Å². The number of aromatic nitrogens is 4. The molecule has 0 aliphatic carbocycles. The third-order valence-electron chi connectivity index (χ3n) is 4.03. The number of para-hydroxylation sites is 1. The molecular weight excluding hydrogens is 344 g/mol. The van der Waals surface area contributed by atoms with Crippen molar-refractivity contribution in [2.24, 2.45) is 5.10 Å². The van der Waals surface area contributed by atoms with E-state index in [4.69, 9.17) is 4.74 Å². The van der Waals surface area contributed by atoms with Crippen molar-refractivity contribution in [1.29, 1.82) is 0 Å². The molecule has 0 aliphatic heterocycles. The van der Waals surface area contributed by atoms with Crippen LogP contribution in [0.25, 0.3) is 16.6 Å². The van der Waals surface area contributed by atoms with Gasteiger partial charge in [-0.05, 0) is 48.9 Å². The Balaban J connectivity index is 1.76. The van der Waals surface area contributed by atoms with E-state index in [2.05, 4.69) is 25.6 Å². The molecule has 0 saturated carbocycles. The van der Waals surface area contributed by atoms with Gasteiger partial charge < -0.3 is 4.74 Å². The minimum absolute atomic E-state index is 0.284. The lowest BCUT2D eigenvalue weighted by molar-refractivity contribution is 0.415. The van der Waals surface area contributed by atoms with Crippen LogP contribution < -0.4 is 15.7 Å². The first kappa shape index (κ1) is 16.6. The first-order valence-corrected chi connectivity index (χ1v) is 8.25. The van der Waals surface area contributed by atoms with Crippen LogP contribution in [0.3, 0.4) is 0 Å². The molecule has 2 heterocycles. The lowest BCUT2D eigenvalue weighted by Gasteiger charge is -2.09. The zero-order chi connectivity index (χ0) is 18.8. The molecule has 1 N–H and O–H groups in total. The summed E-state index contributed by atoms with van der Waals surface area (Å²) in [6.07, 6.45) is 1.66. The minimum Gasteiger partial charge on any atom is -0.497 e. The zero-order valence-electron chi connectivity index (χ0n) is 14.7. The van der Waals surface area contributed by atoms with Crippen LogP contribution in [0.2, 0.25) is 0 Å². The van der Waals surface area contributed by atoms with Gasteiger partial charge in [-0.25, -0.2) is 10.4 Å². The molecule has 0 amide bonds. The fourth-order valence-corrected chi connectivity index (χ4v) is 2.64. The molecule has 0 saturated heterocycles. The highest BCUT2D eigenvalue weighted by Gasteiger charge is 2.11. The molecule has 4 rings (SSSR count).